The topological polar surface area (TPSA) is 82.4 Å². The molecule has 0 fully saturated rings. The highest BCUT2D eigenvalue weighted by atomic mass is 32.1. The van der Waals surface area contributed by atoms with Crippen molar-refractivity contribution >= 4 is 28.2 Å². The zero-order valence-electron chi connectivity index (χ0n) is 15.4. The third kappa shape index (κ3) is 4.12. The zero-order chi connectivity index (χ0) is 19.4. The SMILES string of the molecule is COc1ccccc1CCC(=O)Nc1sc2c(c1C#N)CCN(C(C)=O)C2. The van der Waals surface area contributed by atoms with Crippen molar-refractivity contribution in [1.29, 1.82) is 5.26 Å². The molecule has 1 aromatic heterocycles. The van der Waals surface area contributed by atoms with Gasteiger partial charge in [-0.15, -0.1) is 11.3 Å². The number of fused-ring (bicyclic) bond motifs is 1. The summed E-state index contributed by atoms with van der Waals surface area (Å²) in [7, 11) is 1.61. The van der Waals surface area contributed by atoms with Crippen molar-refractivity contribution in [3.8, 4) is 11.8 Å². The fraction of sp³-hybridized carbons (Fsp3) is 0.350. The molecule has 6 nitrogen and oxygen atoms in total. The molecule has 0 radical (unpaired) electrons. The molecule has 0 saturated heterocycles. The van der Waals surface area contributed by atoms with E-state index < -0.39 is 0 Å². The Kier molecular flexibility index (Phi) is 5.77. The summed E-state index contributed by atoms with van der Waals surface area (Å²) < 4.78 is 5.31. The third-order valence-electron chi connectivity index (χ3n) is 4.68. The van der Waals surface area contributed by atoms with E-state index in [-0.39, 0.29) is 11.8 Å². The fourth-order valence-electron chi connectivity index (χ4n) is 3.23. The molecular formula is C20H21N3O3S. The zero-order valence-corrected chi connectivity index (χ0v) is 16.2. The molecule has 3 rings (SSSR count). The number of nitrogens with zero attached hydrogens (tertiary/aromatic N) is 2. The summed E-state index contributed by atoms with van der Waals surface area (Å²) in [5.41, 5.74) is 2.46. The molecule has 1 aromatic carbocycles. The number of methoxy groups -OCH3 is 1. The van der Waals surface area contributed by atoms with Crippen LogP contribution < -0.4 is 10.1 Å². The molecule has 7 heteroatoms. The van der Waals surface area contributed by atoms with Gasteiger partial charge in [-0.2, -0.15) is 5.26 Å². The Bertz CT molecular complexity index is 914. The second kappa shape index (κ2) is 8.23. The van der Waals surface area contributed by atoms with Crippen LogP contribution in [0, 0.1) is 11.3 Å². The lowest BCUT2D eigenvalue weighted by molar-refractivity contribution is -0.129. The number of nitriles is 1. The maximum absolute atomic E-state index is 12.4. The number of thiophene rings is 1. The standard InChI is InChI=1S/C20H21N3O3S/c1-13(24)23-10-9-15-16(11-21)20(27-18(15)12-23)22-19(25)8-7-14-5-3-4-6-17(14)26-2/h3-6H,7-10,12H2,1-2H3,(H,22,25). The van der Waals surface area contributed by atoms with Crippen molar-refractivity contribution in [2.24, 2.45) is 0 Å². The van der Waals surface area contributed by atoms with Gasteiger partial charge in [0, 0.05) is 24.8 Å². The predicted molar refractivity (Wildman–Crippen MR) is 104 cm³/mol. The Balaban J connectivity index is 1.70. The quantitative estimate of drug-likeness (QED) is 0.860. The van der Waals surface area contributed by atoms with Gasteiger partial charge >= 0.3 is 0 Å². The minimum atomic E-state index is -0.139. The van der Waals surface area contributed by atoms with Gasteiger partial charge in [-0.3, -0.25) is 9.59 Å². The molecule has 1 aliphatic rings. The van der Waals surface area contributed by atoms with E-state index in [1.165, 1.54) is 11.3 Å². The molecule has 140 valence electrons. The number of para-hydroxylation sites is 1. The summed E-state index contributed by atoms with van der Waals surface area (Å²) >= 11 is 1.39. The highest BCUT2D eigenvalue weighted by molar-refractivity contribution is 7.16. The smallest absolute Gasteiger partial charge is 0.225 e. The summed E-state index contributed by atoms with van der Waals surface area (Å²) in [6.07, 6.45) is 1.50. The van der Waals surface area contributed by atoms with Crippen molar-refractivity contribution in [3.63, 3.8) is 0 Å². The van der Waals surface area contributed by atoms with Gasteiger partial charge in [-0.25, -0.2) is 0 Å². The van der Waals surface area contributed by atoms with Crippen LogP contribution >= 0.6 is 11.3 Å². The van der Waals surface area contributed by atoms with Crippen molar-refractivity contribution < 1.29 is 14.3 Å². The van der Waals surface area contributed by atoms with E-state index in [2.05, 4.69) is 11.4 Å². The lowest BCUT2D eigenvalue weighted by Crippen LogP contribution is -2.33. The first-order valence-electron chi connectivity index (χ1n) is 8.75. The van der Waals surface area contributed by atoms with Gasteiger partial charge in [-0.1, -0.05) is 18.2 Å². The number of carbonyl (C=O) groups excluding carboxylic acids is 2. The number of anilines is 1. The van der Waals surface area contributed by atoms with Crippen LogP contribution in [0.2, 0.25) is 0 Å². The molecule has 2 aromatic rings. The van der Waals surface area contributed by atoms with Gasteiger partial charge in [0.05, 0.1) is 19.2 Å². The van der Waals surface area contributed by atoms with E-state index in [1.807, 2.05) is 24.3 Å². The lowest BCUT2D eigenvalue weighted by Gasteiger charge is -2.25. The number of rotatable bonds is 5. The van der Waals surface area contributed by atoms with Crippen molar-refractivity contribution in [2.75, 3.05) is 19.0 Å². The van der Waals surface area contributed by atoms with Gasteiger partial charge in [0.15, 0.2) is 0 Å². The second-order valence-electron chi connectivity index (χ2n) is 6.37. The third-order valence-corrected chi connectivity index (χ3v) is 5.81. The van der Waals surface area contributed by atoms with Crippen LogP contribution in [0.1, 0.15) is 34.9 Å². The number of hydrogen-bond acceptors (Lipinski definition) is 5. The number of nitrogens with one attached hydrogen (secondary N) is 1. The molecule has 0 bridgehead atoms. The largest absolute Gasteiger partial charge is 0.496 e. The van der Waals surface area contributed by atoms with Crippen LogP contribution in [0.25, 0.3) is 0 Å². The first-order chi connectivity index (χ1) is 13.0. The molecule has 1 N–H and O–H groups in total. The predicted octanol–water partition coefficient (Wildman–Crippen LogP) is 3.10. The Morgan fingerprint density at radius 1 is 1.37 bits per heavy atom. The summed E-state index contributed by atoms with van der Waals surface area (Å²) in [4.78, 5) is 26.8. The molecule has 2 heterocycles. The number of aryl methyl sites for hydroxylation is 1. The second-order valence-corrected chi connectivity index (χ2v) is 7.48. The lowest BCUT2D eigenvalue weighted by atomic mass is 10.0. The van der Waals surface area contributed by atoms with Gasteiger partial charge in [-0.05, 0) is 30.0 Å². The van der Waals surface area contributed by atoms with E-state index in [9.17, 15) is 14.9 Å². The summed E-state index contributed by atoms with van der Waals surface area (Å²) in [5.74, 6) is 0.647. The Hall–Kier alpha value is -2.85. The molecule has 2 amide bonds. The number of ether oxygens (including phenoxy) is 1. The summed E-state index contributed by atoms with van der Waals surface area (Å²) in [6, 6.07) is 9.83. The van der Waals surface area contributed by atoms with Crippen LogP contribution in [-0.2, 0) is 29.0 Å². The summed E-state index contributed by atoms with van der Waals surface area (Å²) in [5, 5.41) is 13.0. The molecule has 0 atom stereocenters. The maximum atomic E-state index is 12.4. The Labute approximate surface area is 162 Å². The van der Waals surface area contributed by atoms with E-state index >= 15 is 0 Å². The number of carbonyl (C=O) groups is 2. The van der Waals surface area contributed by atoms with Crippen LogP contribution in [0.15, 0.2) is 24.3 Å². The average Bonchev–Trinajstić information content (AvgIpc) is 3.02. The van der Waals surface area contributed by atoms with Crippen LogP contribution in [0.5, 0.6) is 5.75 Å². The molecule has 1 aliphatic heterocycles. The van der Waals surface area contributed by atoms with Crippen molar-refractivity contribution in [2.45, 2.75) is 32.7 Å². The highest BCUT2D eigenvalue weighted by Crippen LogP contribution is 2.36. The minimum Gasteiger partial charge on any atom is -0.496 e. The van der Waals surface area contributed by atoms with Gasteiger partial charge in [0.2, 0.25) is 11.8 Å². The first kappa shape index (κ1) is 18.9. The van der Waals surface area contributed by atoms with Crippen molar-refractivity contribution in [3.05, 3.63) is 45.8 Å². The van der Waals surface area contributed by atoms with Gasteiger partial charge in [0.25, 0.3) is 0 Å². The monoisotopic (exact) mass is 383 g/mol. The molecule has 0 spiro atoms. The number of amides is 2. The minimum absolute atomic E-state index is 0.0231. The van der Waals surface area contributed by atoms with Crippen molar-refractivity contribution in [1.82, 2.24) is 4.90 Å². The van der Waals surface area contributed by atoms with E-state index in [0.717, 1.165) is 21.8 Å². The average molecular weight is 383 g/mol. The van der Waals surface area contributed by atoms with Crippen LogP contribution in [-0.4, -0.2) is 30.4 Å². The Morgan fingerprint density at radius 3 is 2.85 bits per heavy atom. The van der Waals surface area contributed by atoms with Gasteiger partial charge in [0.1, 0.15) is 16.8 Å². The summed E-state index contributed by atoms with van der Waals surface area (Å²) in [6.45, 7) is 2.65. The fourth-order valence-corrected chi connectivity index (χ4v) is 4.46. The molecule has 0 saturated carbocycles. The Morgan fingerprint density at radius 2 is 2.15 bits per heavy atom. The molecular weight excluding hydrogens is 362 g/mol. The van der Waals surface area contributed by atoms with E-state index in [0.29, 0.717) is 42.9 Å². The normalized spacial score (nSPS) is 12.9. The van der Waals surface area contributed by atoms with Gasteiger partial charge < -0.3 is 15.0 Å². The first-order valence-corrected chi connectivity index (χ1v) is 9.57. The highest BCUT2D eigenvalue weighted by Gasteiger charge is 2.26. The number of hydrogen-bond donors (Lipinski definition) is 1. The van der Waals surface area contributed by atoms with Crippen LogP contribution in [0.3, 0.4) is 0 Å². The van der Waals surface area contributed by atoms with E-state index in [4.69, 9.17) is 4.74 Å². The molecule has 27 heavy (non-hydrogen) atoms. The number of benzene rings is 1. The van der Waals surface area contributed by atoms with Crippen LogP contribution in [0.4, 0.5) is 5.00 Å². The molecule has 0 aliphatic carbocycles. The molecule has 0 unspecified atom stereocenters. The maximum Gasteiger partial charge on any atom is 0.225 e. The van der Waals surface area contributed by atoms with E-state index in [1.54, 1.807) is 18.9 Å².